The van der Waals surface area contributed by atoms with Crippen molar-refractivity contribution in [2.75, 3.05) is 0 Å². The van der Waals surface area contributed by atoms with Crippen molar-refractivity contribution in [2.24, 2.45) is 5.92 Å². The van der Waals surface area contributed by atoms with E-state index in [1.165, 1.54) is 16.2 Å². The second kappa shape index (κ2) is 5.47. The second-order valence-corrected chi connectivity index (χ2v) is 6.01. The number of allylic oxidation sites excluding steroid dienone is 4. The van der Waals surface area contributed by atoms with Crippen molar-refractivity contribution < 1.29 is 0 Å². The van der Waals surface area contributed by atoms with E-state index in [0.717, 1.165) is 0 Å². The summed E-state index contributed by atoms with van der Waals surface area (Å²) in [6.07, 6.45) is 7.83. The molecule has 0 spiro atoms. The molecule has 0 amide bonds. The van der Waals surface area contributed by atoms with Gasteiger partial charge in [0.25, 0.3) is 0 Å². The first-order valence-corrected chi connectivity index (χ1v) is 7.26. The van der Waals surface area contributed by atoms with Crippen LogP contribution in [0.2, 0.25) is 0 Å². The van der Waals surface area contributed by atoms with Gasteiger partial charge in [0.2, 0.25) is 0 Å². The number of rotatable bonds is 3. The van der Waals surface area contributed by atoms with Gasteiger partial charge in [-0.1, -0.05) is 64.9 Å². The van der Waals surface area contributed by atoms with Crippen LogP contribution in [0.3, 0.4) is 0 Å². The van der Waals surface area contributed by atoms with Crippen LogP contribution in [-0.4, -0.2) is 0 Å². The van der Waals surface area contributed by atoms with Crippen molar-refractivity contribution in [1.29, 1.82) is 0 Å². The highest BCUT2D eigenvalue weighted by molar-refractivity contribution is 8.78. The second-order valence-electron chi connectivity index (χ2n) is 3.68. The minimum absolute atomic E-state index is 0.689. The van der Waals surface area contributed by atoms with Gasteiger partial charge in [0.05, 0.1) is 0 Å². The number of hydrogen-bond acceptors (Lipinski definition) is 2. The monoisotopic (exact) mass is 234 g/mol. The van der Waals surface area contributed by atoms with E-state index in [4.69, 9.17) is 0 Å². The van der Waals surface area contributed by atoms with Crippen molar-refractivity contribution in [3.8, 4) is 0 Å². The van der Waals surface area contributed by atoms with Gasteiger partial charge in [-0.3, -0.25) is 0 Å². The summed E-state index contributed by atoms with van der Waals surface area (Å²) < 4.78 is 0. The quantitative estimate of drug-likeness (QED) is 0.682. The molecule has 78 valence electrons. The molecular weight excluding hydrogens is 220 g/mol. The lowest BCUT2D eigenvalue weighted by Gasteiger charge is -2.12. The molecule has 1 aromatic carbocycles. The van der Waals surface area contributed by atoms with Crippen LogP contribution in [0, 0.1) is 5.92 Å². The van der Waals surface area contributed by atoms with Gasteiger partial charge in [0.15, 0.2) is 0 Å². The zero-order valence-corrected chi connectivity index (χ0v) is 10.4. The molecule has 0 nitrogen and oxygen atoms in total. The predicted octanol–water partition coefficient (Wildman–Crippen LogP) is 4.91. The molecule has 2 rings (SSSR count). The Kier molecular flexibility index (Phi) is 3.98. The average molecular weight is 234 g/mol. The fourth-order valence-corrected chi connectivity index (χ4v) is 3.70. The molecular formula is C13H14S2. The molecule has 1 aliphatic rings. The summed E-state index contributed by atoms with van der Waals surface area (Å²) in [6.45, 7) is 2.26. The molecule has 1 aromatic rings. The van der Waals surface area contributed by atoms with Crippen molar-refractivity contribution in [3.05, 3.63) is 53.5 Å². The van der Waals surface area contributed by atoms with Crippen molar-refractivity contribution in [2.45, 2.75) is 18.2 Å². The molecule has 1 aliphatic carbocycles. The molecule has 0 heterocycles. The first-order valence-electron chi connectivity index (χ1n) is 5.11. The molecule has 0 aromatic heterocycles. The lowest BCUT2D eigenvalue weighted by atomic mass is 10.0. The van der Waals surface area contributed by atoms with E-state index in [1.54, 1.807) is 0 Å². The Bertz CT molecular complexity index is 365. The molecule has 15 heavy (non-hydrogen) atoms. The molecule has 0 aliphatic heterocycles. The predicted molar refractivity (Wildman–Crippen MR) is 70.9 cm³/mol. The van der Waals surface area contributed by atoms with Crippen molar-refractivity contribution in [3.63, 3.8) is 0 Å². The van der Waals surface area contributed by atoms with Crippen LogP contribution in [0.1, 0.15) is 13.3 Å². The minimum atomic E-state index is 0.689. The Morgan fingerprint density at radius 1 is 1.13 bits per heavy atom. The summed E-state index contributed by atoms with van der Waals surface area (Å²) in [5.74, 6) is 0.689. The van der Waals surface area contributed by atoms with E-state index in [0.29, 0.717) is 5.92 Å². The summed E-state index contributed by atoms with van der Waals surface area (Å²) in [6, 6.07) is 10.5. The zero-order valence-electron chi connectivity index (χ0n) is 8.72. The average Bonchev–Trinajstić information content (AvgIpc) is 2.28. The number of hydrogen-bond donors (Lipinski definition) is 0. The third kappa shape index (κ3) is 3.47. The van der Waals surface area contributed by atoms with Gasteiger partial charge in [-0.05, 0) is 29.4 Å². The molecule has 1 atom stereocenters. The maximum atomic E-state index is 2.26. The van der Waals surface area contributed by atoms with Crippen molar-refractivity contribution >= 4 is 21.6 Å². The van der Waals surface area contributed by atoms with Gasteiger partial charge in [0, 0.05) is 4.90 Å². The molecule has 0 saturated carbocycles. The molecule has 0 N–H and O–H groups in total. The minimum Gasteiger partial charge on any atom is -0.0813 e. The first-order chi connectivity index (χ1) is 7.34. The fourth-order valence-electron chi connectivity index (χ4n) is 1.45. The van der Waals surface area contributed by atoms with E-state index < -0.39 is 0 Å². The number of benzene rings is 1. The first kappa shape index (κ1) is 10.9. The van der Waals surface area contributed by atoms with Crippen LogP contribution in [0.4, 0.5) is 0 Å². The van der Waals surface area contributed by atoms with Gasteiger partial charge >= 0.3 is 0 Å². The Hall–Kier alpha value is -0.600. The molecule has 0 bridgehead atoms. The third-order valence-electron chi connectivity index (χ3n) is 2.23. The SMILES string of the molecule is CC1C=CC=C(SSc2ccccc2)C1. The van der Waals surface area contributed by atoms with Crippen LogP contribution < -0.4 is 0 Å². The van der Waals surface area contributed by atoms with Gasteiger partial charge in [-0.2, -0.15) is 0 Å². The Morgan fingerprint density at radius 2 is 1.93 bits per heavy atom. The van der Waals surface area contributed by atoms with Crippen LogP contribution in [0.25, 0.3) is 0 Å². The topological polar surface area (TPSA) is 0 Å². The normalized spacial score (nSPS) is 20.1. The van der Waals surface area contributed by atoms with Crippen LogP contribution in [0.15, 0.2) is 58.4 Å². The van der Waals surface area contributed by atoms with Gasteiger partial charge < -0.3 is 0 Å². The van der Waals surface area contributed by atoms with Gasteiger partial charge in [-0.15, -0.1) is 0 Å². The lowest BCUT2D eigenvalue weighted by molar-refractivity contribution is 0.730. The standard InChI is InChI=1S/C13H14S2/c1-11-6-5-9-13(10-11)15-14-12-7-3-2-4-8-12/h2-9,11H,10H2,1H3. The molecule has 0 saturated heterocycles. The highest BCUT2D eigenvalue weighted by Crippen LogP contribution is 2.40. The molecule has 0 fully saturated rings. The fraction of sp³-hybridized carbons (Fsp3) is 0.231. The molecule has 2 heteroatoms. The summed E-state index contributed by atoms with van der Waals surface area (Å²) >= 11 is 0. The van der Waals surface area contributed by atoms with E-state index in [2.05, 4.69) is 55.5 Å². The lowest BCUT2D eigenvalue weighted by Crippen LogP contribution is -1.93. The molecule has 1 unspecified atom stereocenters. The van der Waals surface area contributed by atoms with E-state index in [-0.39, 0.29) is 0 Å². The Balaban J connectivity index is 1.89. The van der Waals surface area contributed by atoms with E-state index in [1.807, 2.05) is 21.6 Å². The zero-order chi connectivity index (χ0) is 10.5. The highest BCUT2D eigenvalue weighted by Gasteiger charge is 2.07. The van der Waals surface area contributed by atoms with Crippen molar-refractivity contribution in [1.82, 2.24) is 0 Å². The van der Waals surface area contributed by atoms with Gasteiger partial charge in [0.1, 0.15) is 0 Å². The summed E-state index contributed by atoms with van der Waals surface area (Å²) in [4.78, 5) is 2.80. The van der Waals surface area contributed by atoms with Gasteiger partial charge in [-0.25, -0.2) is 0 Å². The maximum absolute atomic E-state index is 2.26. The van der Waals surface area contributed by atoms with E-state index >= 15 is 0 Å². The maximum Gasteiger partial charge on any atom is 0.0186 e. The highest BCUT2D eigenvalue weighted by atomic mass is 33.1. The van der Waals surface area contributed by atoms with E-state index in [9.17, 15) is 0 Å². The third-order valence-corrected chi connectivity index (χ3v) is 4.77. The van der Waals surface area contributed by atoms with Crippen LogP contribution in [0.5, 0.6) is 0 Å². The van der Waals surface area contributed by atoms with Crippen LogP contribution in [-0.2, 0) is 0 Å². The Morgan fingerprint density at radius 3 is 2.67 bits per heavy atom. The van der Waals surface area contributed by atoms with Crippen LogP contribution >= 0.6 is 21.6 Å². The Labute approximate surface area is 99.2 Å². The summed E-state index contributed by atoms with van der Waals surface area (Å²) in [5.41, 5.74) is 0. The largest absolute Gasteiger partial charge is 0.0813 e. The molecule has 0 radical (unpaired) electrons. The smallest absolute Gasteiger partial charge is 0.0186 e. The summed E-state index contributed by atoms with van der Waals surface area (Å²) in [5, 5.41) is 0. The summed E-state index contributed by atoms with van der Waals surface area (Å²) in [7, 11) is 3.72.